The average molecular weight is 287 g/mol. The number of hydrogen-bond donors (Lipinski definition) is 0. The molecule has 0 heterocycles. The minimum absolute atomic E-state index is 0.283. The third-order valence-corrected chi connectivity index (χ3v) is 2.42. The number of ether oxygens (including phenoxy) is 1. The van der Waals surface area contributed by atoms with Crippen molar-refractivity contribution < 1.29 is 9.53 Å². The van der Waals surface area contributed by atoms with E-state index in [2.05, 4.69) is 22.5 Å². The van der Waals surface area contributed by atoms with Gasteiger partial charge in [0.15, 0.2) is 0 Å². The van der Waals surface area contributed by atoms with Crippen molar-refractivity contribution in [2.75, 3.05) is 11.9 Å². The molecule has 0 N–H and O–H groups in total. The van der Waals surface area contributed by atoms with Crippen LogP contribution in [0.3, 0.4) is 0 Å². The lowest BCUT2D eigenvalue weighted by molar-refractivity contribution is -0.137. The zero-order chi connectivity index (χ0) is 12.1. The van der Waals surface area contributed by atoms with Crippen molar-refractivity contribution in [1.82, 2.24) is 0 Å². The highest BCUT2D eigenvalue weighted by molar-refractivity contribution is 9.09. The van der Waals surface area contributed by atoms with Crippen LogP contribution >= 0.6 is 15.9 Å². The van der Waals surface area contributed by atoms with Crippen LogP contribution < -0.4 is 0 Å². The van der Waals surface area contributed by atoms with Gasteiger partial charge in [-0.2, -0.15) is 0 Å². The summed E-state index contributed by atoms with van der Waals surface area (Å²) < 4.78 is 5.01. The van der Waals surface area contributed by atoms with Gasteiger partial charge in [0.25, 0.3) is 0 Å². The van der Waals surface area contributed by atoms with E-state index < -0.39 is 0 Å². The number of carbonyl (C=O) groups excluding carboxylic acids is 1. The molecule has 0 aliphatic carbocycles. The zero-order valence-corrected chi connectivity index (χ0v) is 11.1. The molecule has 0 bridgehead atoms. The van der Waals surface area contributed by atoms with Gasteiger partial charge in [-0.1, -0.05) is 59.7 Å². The largest absolute Gasteiger partial charge is 0.463 e. The highest BCUT2D eigenvalue weighted by Crippen LogP contribution is 2.02. The Labute approximate surface area is 106 Å². The summed E-state index contributed by atoms with van der Waals surface area (Å²) in [6.45, 7) is 4.03. The van der Waals surface area contributed by atoms with E-state index in [4.69, 9.17) is 4.74 Å². The third-order valence-electron chi connectivity index (χ3n) is 1.86. The standard InChI is InChI=1S/C13H19BrO2/c1-2-3-4-7-10-13(15)16-12-9-6-5-8-11-14/h2-4,7,10H,1,5-6,8-9,11-12H2. The fourth-order valence-electron chi connectivity index (χ4n) is 1.05. The molecule has 0 rings (SSSR count). The number of esters is 1. The van der Waals surface area contributed by atoms with Crippen molar-refractivity contribution in [2.45, 2.75) is 25.7 Å². The maximum absolute atomic E-state index is 11.1. The average Bonchev–Trinajstić information content (AvgIpc) is 2.29. The predicted octanol–water partition coefficient (Wildman–Crippen LogP) is 3.78. The third kappa shape index (κ3) is 11.2. The first-order valence-corrected chi connectivity index (χ1v) is 6.62. The van der Waals surface area contributed by atoms with Crippen molar-refractivity contribution >= 4 is 21.9 Å². The maximum Gasteiger partial charge on any atom is 0.330 e. The van der Waals surface area contributed by atoms with Gasteiger partial charge in [0.05, 0.1) is 6.61 Å². The van der Waals surface area contributed by atoms with Gasteiger partial charge in [0.2, 0.25) is 0 Å². The second-order valence-electron chi connectivity index (χ2n) is 3.25. The lowest BCUT2D eigenvalue weighted by atomic mass is 10.2. The molecule has 0 fully saturated rings. The molecule has 0 aromatic heterocycles. The van der Waals surface area contributed by atoms with Gasteiger partial charge < -0.3 is 4.74 Å². The van der Waals surface area contributed by atoms with Crippen LogP contribution in [-0.2, 0) is 9.53 Å². The smallest absolute Gasteiger partial charge is 0.330 e. The molecule has 16 heavy (non-hydrogen) atoms. The van der Waals surface area contributed by atoms with Gasteiger partial charge in [0, 0.05) is 11.4 Å². The number of rotatable bonds is 9. The Bertz CT molecular complexity index is 244. The Morgan fingerprint density at radius 1 is 1.12 bits per heavy atom. The fraction of sp³-hybridized carbons (Fsp3) is 0.462. The molecule has 0 aromatic rings. The van der Waals surface area contributed by atoms with Crippen LogP contribution in [0.15, 0.2) is 37.0 Å². The Kier molecular flexibility index (Phi) is 11.6. The lowest BCUT2D eigenvalue weighted by Crippen LogP contribution is -2.02. The summed E-state index contributed by atoms with van der Waals surface area (Å²) in [5.74, 6) is -0.283. The second-order valence-corrected chi connectivity index (χ2v) is 4.04. The number of allylic oxidation sites excluding steroid dienone is 4. The maximum atomic E-state index is 11.1. The zero-order valence-electron chi connectivity index (χ0n) is 9.53. The van der Waals surface area contributed by atoms with E-state index in [1.165, 1.54) is 18.9 Å². The van der Waals surface area contributed by atoms with Crippen LogP contribution in [0.5, 0.6) is 0 Å². The van der Waals surface area contributed by atoms with E-state index in [0.717, 1.165) is 18.2 Å². The Balaban J connectivity index is 3.40. The van der Waals surface area contributed by atoms with Gasteiger partial charge in [0.1, 0.15) is 0 Å². The summed E-state index contributed by atoms with van der Waals surface area (Å²) in [6, 6.07) is 0. The predicted molar refractivity (Wildman–Crippen MR) is 71.7 cm³/mol. The first-order chi connectivity index (χ1) is 7.81. The van der Waals surface area contributed by atoms with Gasteiger partial charge in [-0.15, -0.1) is 0 Å². The SMILES string of the molecule is C=CC=CC=CC(=O)OCCCCCCBr. The first kappa shape index (κ1) is 15.2. The normalized spacial score (nSPS) is 11.1. The minimum atomic E-state index is -0.283. The molecule has 0 aliphatic rings. The number of carbonyl (C=O) groups is 1. The molecule has 0 aliphatic heterocycles. The molecule has 0 radical (unpaired) electrons. The molecule has 3 heteroatoms. The van der Waals surface area contributed by atoms with Crippen LogP contribution in [0.4, 0.5) is 0 Å². The monoisotopic (exact) mass is 286 g/mol. The highest BCUT2D eigenvalue weighted by Gasteiger charge is 1.95. The Morgan fingerprint density at radius 3 is 2.56 bits per heavy atom. The molecule has 90 valence electrons. The van der Waals surface area contributed by atoms with Gasteiger partial charge in [-0.3, -0.25) is 0 Å². The van der Waals surface area contributed by atoms with Crippen LogP contribution in [0.2, 0.25) is 0 Å². The fourth-order valence-corrected chi connectivity index (χ4v) is 1.44. The van der Waals surface area contributed by atoms with Crippen molar-refractivity contribution in [3.05, 3.63) is 37.0 Å². The number of hydrogen-bond acceptors (Lipinski definition) is 2. The summed E-state index contributed by atoms with van der Waals surface area (Å²) in [5.41, 5.74) is 0. The molecule has 0 saturated heterocycles. The van der Waals surface area contributed by atoms with E-state index in [-0.39, 0.29) is 5.97 Å². The minimum Gasteiger partial charge on any atom is -0.463 e. The first-order valence-electron chi connectivity index (χ1n) is 5.49. The van der Waals surface area contributed by atoms with E-state index in [9.17, 15) is 4.79 Å². The van der Waals surface area contributed by atoms with E-state index >= 15 is 0 Å². The Morgan fingerprint density at radius 2 is 1.88 bits per heavy atom. The quantitative estimate of drug-likeness (QED) is 0.212. The van der Waals surface area contributed by atoms with Crippen molar-refractivity contribution in [3.8, 4) is 0 Å². The van der Waals surface area contributed by atoms with Crippen LogP contribution in [-0.4, -0.2) is 17.9 Å². The van der Waals surface area contributed by atoms with Crippen LogP contribution in [0, 0.1) is 0 Å². The second kappa shape index (κ2) is 12.2. The number of alkyl halides is 1. The molecule has 0 atom stereocenters. The number of unbranched alkanes of at least 4 members (excludes halogenated alkanes) is 3. The molecule has 0 saturated carbocycles. The summed E-state index contributed by atoms with van der Waals surface area (Å²) in [7, 11) is 0. The van der Waals surface area contributed by atoms with E-state index in [1.54, 1.807) is 24.3 Å². The topological polar surface area (TPSA) is 26.3 Å². The molecule has 0 unspecified atom stereocenters. The molecule has 0 aromatic carbocycles. The Hall–Kier alpha value is -0.830. The van der Waals surface area contributed by atoms with Crippen molar-refractivity contribution in [2.24, 2.45) is 0 Å². The van der Waals surface area contributed by atoms with E-state index in [0.29, 0.717) is 6.61 Å². The molecular weight excluding hydrogens is 268 g/mol. The van der Waals surface area contributed by atoms with Crippen molar-refractivity contribution in [1.29, 1.82) is 0 Å². The van der Waals surface area contributed by atoms with Gasteiger partial charge >= 0.3 is 5.97 Å². The van der Waals surface area contributed by atoms with Gasteiger partial charge in [-0.05, 0) is 12.8 Å². The highest BCUT2D eigenvalue weighted by atomic mass is 79.9. The summed E-state index contributed by atoms with van der Waals surface area (Å²) in [4.78, 5) is 11.1. The number of halogens is 1. The van der Waals surface area contributed by atoms with Gasteiger partial charge in [-0.25, -0.2) is 4.79 Å². The molecule has 2 nitrogen and oxygen atoms in total. The van der Waals surface area contributed by atoms with Crippen molar-refractivity contribution in [3.63, 3.8) is 0 Å². The molecule has 0 amide bonds. The van der Waals surface area contributed by atoms with Crippen LogP contribution in [0.25, 0.3) is 0 Å². The summed E-state index contributed by atoms with van der Waals surface area (Å²) in [6.07, 6.45) is 12.6. The van der Waals surface area contributed by atoms with E-state index in [1.807, 2.05) is 0 Å². The molecular formula is C13H19BrO2. The van der Waals surface area contributed by atoms with Crippen LogP contribution in [0.1, 0.15) is 25.7 Å². The summed E-state index contributed by atoms with van der Waals surface area (Å²) in [5, 5.41) is 1.05. The molecule has 0 spiro atoms. The lowest BCUT2D eigenvalue weighted by Gasteiger charge is -2.00. The summed E-state index contributed by atoms with van der Waals surface area (Å²) >= 11 is 3.37.